The van der Waals surface area contributed by atoms with E-state index in [-0.39, 0.29) is 5.91 Å². The number of carbonyl (C=O) groups is 1. The summed E-state index contributed by atoms with van der Waals surface area (Å²) in [6.07, 6.45) is 0. The van der Waals surface area contributed by atoms with Crippen LogP contribution in [0, 0.1) is 0 Å². The summed E-state index contributed by atoms with van der Waals surface area (Å²) in [6, 6.07) is 6.91. The third kappa shape index (κ3) is 3.49. The summed E-state index contributed by atoms with van der Waals surface area (Å²) in [5.41, 5.74) is 7.78. The lowest BCUT2D eigenvalue weighted by Gasteiger charge is -2.17. The average molecular weight is 360 g/mol. The predicted octanol–water partition coefficient (Wildman–Crippen LogP) is 4.02. The van der Waals surface area contributed by atoms with Gasteiger partial charge in [0, 0.05) is 24.3 Å². The molecule has 0 radical (unpaired) electrons. The number of nitrogen functional groups attached to an aromatic ring is 1. The maximum atomic E-state index is 12.3. The van der Waals surface area contributed by atoms with Crippen molar-refractivity contribution in [1.29, 1.82) is 0 Å². The molecule has 1 heterocycles. The minimum Gasteiger partial charge on any atom is -0.398 e. The lowest BCUT2D eigenvalue weighted by Crippen LogP contribution is -2.26. The fraction of sp³-hybridized carbons (Fsp3) is 0.154. The van der Waals surface area contributed by atoms with Gasteiger partial charge in [0.15, 0.2) is 0 Å². The quantitative estimate of drug-likeness (QED) is 0.841. The van der Waals surface area contributed by atoms with E-state index < -0.39 is 0 Å². The van der Waals surface area contributed by atoms with Crippen molar-refractivity contribution >= 4 is 50.5 Å². The molecule has 0 aliphatic heterocycles. The van der Waals surface area contributed by atoms with E-state index in [0.717, 1.165) is 9.35 Å². The molecule has 3 nitrogen and oxygen atoms in total. The summed E-state index contributed by atoms with van der Waals surface area (Å²) < 4.78 is 1.05. The van der Waals surface area contributed by atoms with Crippen LogP contribution in [0.25, 0.3) is 0 Å². The molecule has 2 rings (SSSR count). The Labute approximate surface area is 129 Å². The van der Waals surface area contributed by atoms with Gasteiger partial charge in [-0.2, -0.15) is 0 Å². The number of amides is 1. The van der Waals surface area contributed by atoms with Gasteiger partial charge in [0.05, 0.1) is 9.35 Å². The molecule has 0 atom stereocenters. The smallest absolute Gasteiger partial charge is 0.255 e. The van der Waals surface area contributed by atoms with Gasteiger partial charge < -0.3 is 10.6 Å². The Hall–Kier alpha value is -1.04. The topological polar surface area (TPSA) is 46.3 Å². The van der Waals surface area contributed by atoms with Crippen LogP contribution in [-0.2, 0) is 6.54 Å². The van der Waals surface area contributed by atoms with Crippen molar-refractivity contribution in [2.24, 2.45) is 0 Å². The van der Waals surface area contributed by atoms with Crippen molar-refractivity contribution in [3.8, 4) is 0 Å². The van der Waals surface area contributed by atoms with Crippen LogP contribution < -0.4 is 5.73 Å². The minimum atomic E-state index is -0.114. The fourth-order valence-corrected chi connectivity index (χ4v) is 3.09. The van der Waals surface area contributed by atoms with Crippen molar-refractivity contribution < 1.29 is 4.79 Å². The third-order valence-electron chi connectivity index (χ3n) is 2.63. The summed E-state index contributed by atoms with van der Waals surface area (Å²) in [6.45, 7) is 0.545. The highest BCUT2D eigenvalue weighted by Gasteiger charge is 2.15. The molecule has 6 heteroatoms. The van der Waals surface area contributed by atoms with Crippen molar-refractivity contribution in [3.05, 3.63) is 49.6 Å². The van der Waals surface area contributed by atoms with E-state index in [4.69, 9.17) is 17.3 Å². The molecule has 100 valence electrons. The molecule has 0 aliphatic rings. The zero-order valence-electron chi connectivity index (χ0n) is 10.2. The molecular formula is C13H12BrClN2OS. The van der Waals surface area contributed by atoms with Gasteiger partial charge in [-0.3, -0.25) is 4.79 Å². The molecule has 0 saturated carbocycles. The van der Waals surface area contributed by atoms with Crippen LogP contribution in [0.1, 0.15) is 15.9 Å². The van der Waals surface area contributed by atoms with E-state index in [1.807, 2.05) is 11.4 Å². The Balaban J connectivity index is 2.14. The van der Waals surface area contributed by atoms with Crippen LogP contribution >= 0.6 is 38.9 Å². The molecule has 2 aromatic rings. The zero-order valence-corrected chi connectivity index (χ0v) is 13.3. The lowest BCUT2D eigenvalue weighted by atomic mass is 10.1. The molecule has 1 amide bonds. The van der Waals surface area contributed by atoms with Crippen LogP contribution in [0.2, 0.25) is 5.02 Å². The minimum absolute atomic E-state index is 0.114. The van der Waals surface area contributed by atoms with Crippen molar-refractivity contribution in [3.63, 3.8) is 0 Å². The summed E-state index contributed by atoms with van der Waals surface area (Å²) in [7, 11) is 1.75. The number of rotatable bonds is 3. The first-order valence-corrected chi connectivity index (χ1v) is 7.56. The predicted molar refractivity (Wildman–Crippen MR) is 83.7 cm³/mol. The van der Waals surface area contributed by atoms with Crippen LogP contribution in [0.3, 0.4) is 0 Å². The molecule has 0 fully saturated rings. The number of nitrogens with two attached hydrogens (primary N) is 1. The second-order valence-electron chi connectivity index (χ2n) is 4.15. The monoisotopic (exact) mass is 358 g/mol. The summed E-state index contributed by atoms with van der Waals surface area (Å²) in [5.74, 6) is -0.114. The summed E-state index contributed by atoms with van der Waals surface area (Å²) in [4.78, 5) is 13.9. The number of anilines is 1. The van der Waals surface area contributed by atoms with Gasteiger partial charge in [-0.1, -0.05) is 11.6 Å². The number of halogens is 2. The average Bonchev–Trinajstić information content (AvgIpc) is 2.74. The highest BCUT2D eigenvalue weighted by molar-refractivity contribution is 9.11. The Morgan fingerprint density at radius 2 is 2.21 bits per heavy atom. The number of benzene rings is 1. The molecule has 0 spiro atoms. The van der Waals surface area contributed by atoms with E-state index in [1.165, 1.54) is 0 Å². The van der Waals surface area contributed by atoms with Gasteiger partial charge in [0.25, 0.3) is 5.91 Å². The molecule has 1 aromatic heterocycles. The molecule has 19 heavy (non-hydrogen) atoms. The first kappa shape index (κ1) is 14.4. The first-order valence-electron chi connectivity index (χ1n) is 5.51. The fourth-order valence-electron chi connectivity index (χ4n) is 1.71. The van der Waals surface area contributed by atoms with Crippen molar-refractivity contribution in [2.75, 3.05) is 12.8 Å². The first-order chi connectivity index (χ1) is 8.97. The molecule has 0 unspecified atom stereocenters. The van der Waals surface area contributed by atoms with E-state index in [2.05, 4.69) is 15.9 Å². The number of hydrogen-bond acceptors (Lipinski definition) is 3. The van der Waals surface area contributed by atoms with E-state index in [1.54, 1.807) is 41.5 Å². The van der Waals surface area contributed by atoms with Gasteiger partial charge in [0.1, 0.15) is 0 Å². The molecule has 1 aromatic carbocycles. The zero-order chi connectivity index (χ0) is 14.0. The number of hydrogen-bond donors (Lipinski definition) is 1. The van der Waals surface area contributed by atoms with Crippen LogP contribution in [0.5, 0.6) is 0 Å². The van der Waals surface area contributed by atoms with Gasteiger partial charge in [-0.15, -0.1) is 11.3 Å². The van der Waals surface area contributed by atoms with Crippen molar-refractivity contribution in [2.45, 2.75) is 6.54 Å². The van der Waals surface area contributed by atoms with Gasteiger partial charge in [-0.05, 0) is 51.1 Å². The molecule has 0 aliphatic carbocycles. The largest absolute Gasteiger partial charge is 0.398 e. The molecule has 0 saturated heterocycles. The van der Waals surface area contributed by atoms with Crippen molar-refractivity contribution in [1.82, 2.24) is 4.90 Å². The Morgan fingerprint density at radius 3 is 2.79 bits per heavy atom. The van der Waals surface area contributed by atoms with Crippen LogP contribution in [-0.4, -0.2) is 17.9 Å². The number of thiophene rings is 1. The van der Waals surface area contributed by atoms with Crippen LogP contribution in [0.4, 0.5) is 5.69 Å². The Kier molecular flexibility index (Phi) is 4.50. The Morgan fingerprint density at radius 1 is 1.47 bits per heavy atom. The summed E-state index contributed by atoms with van der Waals surface area (Å²) >= 11 is 10.8. The highest BCUT2D eigenvalue weighted by atomic mass is 79.9. The summed E-state index contributed by atoms with van der Waals surface area (Å²) in [5, 5.41) is 2.54. The third-order valence-corrected chi connectivity index (χ3v) is 4.42. The molecule has 2 N–H and O–H groups in total. The normalized spacial score (nSPS) is 10.5. The molecular weight excluding hydrogens is 348 g/mol. The van der Waals surface area contributed by atoms with Gasteiger partial charge in [0.2, 0.25) is 0 Å². The lowest BCUT2D eigenvalue weighted by molar-refractivity contribution is 0.0786. The Bertz CT molecular complexity index is 614. The second-order valence-corrected chi connectivity index (χ2v) is 6.88. The molecule has 0 bridgehead atoms. The number of nitrogens with zero attached hydrogens (tertiary/aromatic N) is 1. The number of carbonyl (C=O) groups excluding carboxylic acids is 1. The SMILES string of the molecule is CN(Cc1csc(Br)c1)C(=O)c1ccc(Cl)cc1N. The van der Waals surface area contributed by atoms with Gasteiger partial charge in [-0.25, -0.2) is 0 Å². The standard InChI is InChI=1S/C13H12BrClN2OS/c1-17(6-8-4-12(14)19-7-8)13(18)10-3-2-9(15)5-11(10)16/h2-5,7H,6,16H2,1H3. The van der Waals surface area contributed by atoms with Crippen LogP contribution in [0.15, 0.2) is 33.4 Å². The van der Waals surface area contributed by atoms with E-state index in [0.29, 0.717) is 22.8 Å². The van der Waals surface area contributed by atoms with Gasteiger partial charge >= 0.3 is 0 Å². The maximum absolute atomic E-state index is 12.3. The maximum Gasteiger partial charge on any atom is 0.255 e. The van der Waals surface area contributed by atoms with E-state index >= 15 is 0 Å². The second kappa shape index (κ2) is 5.94. The highest BCUT2D eigenvalue weighted by Crippen LogP contribution is 2.23. The van der Waals surface area contributed by atoms with E-state index in [9.17, 15) is 4.79 Å².